The first-order chi connectivity index (χ1) is 10.1. The van der Waals surface area contributed by atoms with Gasteiger partial charge in [0.1, 0.15) is 5.69 Å². The molecule has 0 aliphatic heterocycles. The van der Waals surface area contributed by atoms with E-state index in [9.17, 15) is 8.78 Å². The summed E-state index contributed by atoms with van der Waals surface area (Å²) in [7, 11) is 1.49. The maximum Gasteiger partial charge on any atom is 0.164 e. The molecule has 2 rings (SSSR count). The summed E-state index contributed by atoms with van der Waals surface area (Å²) >= 11 is 0. The van der Waals surface area contributed by atoms with Crippen molar-refractivity contribution >= 4 is 0 Å². The summed E-state index contributed by atoms with van der Waals surface area (Å²) in [5.41, 5.74) is 3.18. The topological polar surface area (TPSA) is 65.1 Å². The van der Waals surface area contributed by atoms with Crippen molar-refractivity contribution in [2.45, 2.75) is 25.9 Å². The van der Waals surface area contributed by atoms with Crippen LogP contribution in [0.1, 0.15) is 30.6 Å². The van der Waals surface area contributed by atoms with Gasteiger partial charge >= 0.3 is 0 Å². The van der Waals surface area contributed by atoms with E-state index in [-0.39, 0.29) is 5.56 Å². The standard InChI is InChI=1S/C14H18F2N4O/c1-3-7-20-14(11(21-2)8-18-20)13(19-17)9-5-4-6-10(15)12(9)16/h4-6,8,13,19H,3,7,17H2,1-2H3. The van der Waals surface area contributed by atoms with Crippen LogP contribution in [0.25, 0.3) is 0 Å². The molecule has 1 unspecified atom stereocenters. The summed E-state index contributed by atoms with van der Waals surface area (Å²) in [4.78, 5) is 0. The van der Waals surface area contributed by atoms with Crippen molar-refractivity contribution in [2.24, 2.45) is 5.84 Å². The van der Waals surface area contributed by atoms with Crippen molar-refractivity contribution in [1.82, 2.24) is 15.2 Å². The fraction of sp³-hybridized carbons (Fsp3) is 0.357. The molecule has 1 atom stereocenters. The highest BCUT2D eigenvalue weighted by Crippen LogP contribution is 2.31. The van der Waals surface area contributed by atoms with E-state index < -0.39 is 17.7 Å². The Morgan fingerprint density at radius 1 is 1.43 bits per heavy atom. The molecule has 0 aliphatic rings. The molecule has 0 aliphatic carbocycles. The molecule has 2 aromatic rings. The Morgan fingerprint density at radius 2 is 2.19 bits per heavy atom. The first-order valence-electron chi connectivity index (χ1n) is 6.63. The summed E-state index contributed by atoms with van der Waals surface area (Å²) in [6.07, 6.45) is 2.37. The Morgan fingerprint density at radius 3 is 2.81 bits per heavy atom. The lowest BCUT2D eigenvalue weighted by Gasteiger charge is -2.20. The quantitative estimate of drug-likeness (QED) is 0.633. The van der Waals surface area contributed by atoms with Gasteiger partial charge in [0.15, 0.2) is 17.4 Å². The lowest BCUT2D eigenvalue weighted by atomic mass is 10.0. The number of nitrogens with two attached hydrogens (primary N) is 1. The van der Waals surface area contributed by atoms with E-state index in [4.69, 9.17) is 10.6 Å². The second-order valence-electron chi connectivity index (χ2n) is 4.56. The van der Waals surface area contributed by atoms with Gasteiger partial charge in [-0.2, -0.15) is 5.10 Å². The van der Waals surface area contributed by atoms with E-state index in [1.165, 1.54) is 25.4 Å². The van der Waals surface area contributed by atoms with Crippen molar-refractivity contribution in [2.75, 3.05) is 7.11 Å². The van der Waals surface area contributed by atoms with Crippen LogP contribution in [0.4, 0.5) is 8.78 Å². The smallest absolute Gasteiger partial charge is 0.164 e. The number of aryl methyl sites for hydroxylation is 1. The monoisotopic (exact) mass is 296 g/mol. The van der Waals surface area contributed by atoms with Gasteiger partial charge in [-0.3, -0.25) is 10.5 Å². The lowest BCUT2D eigenvalue weighted by Crippen LogP contribution is -2.32. The molecule has 0 bridgehead atoms. The summed E-state index contributed by atoms with van der Waals surface area (Å²) in [6.45, 7) is 2.61. The van der Waals surface area contributed by atoms with Gasteiger partial charge in [-0.25, -0.2) is 14.2 Å². The van der Waals surface area contributed by atoms with E-state index in [2.05, 4.69) is 10.5 Å². The molecule has 1 aromatic carbocycles. The minimum absolute atomic E-state index is 0.105. The first-order valence-corrected chi connectivity index (χ1v) is 6.63. The number of aromatic nitrogens is 2. The maximum absolute atomic E-state index is 14.0. The summed E-state index contributed by atoms with van der Waals surface area (Å²) < 4.78 is 34.4. The van der Waals surface area contributed by atoms with Crippen LogP contribution in [0.2, 0.25) is 0 Å². The van der Waals surface area contributed by atoms with Gasteiger partial charge in [-0.1, -0.05) is 19.1 Å². The van der Waals surface area contributed by atoms with Crippen molar-refractivity contribution in [3.8, 4) is 5.75 Å². The fourth-order valence-electron chi connectivity index (χ4n) is 2.28. The highest BCUT2D eigenvalue weighted by molar-refractivity contribution is 5.37. The highest BCUT2D eigenvalue weighted by Gasteiger charge is 2.26. The number of hydrazine groups is 1. The third-order valence-electron chi connectivity index (χ3n) is 3.23. The Hall–Kier alpha value is -1.99. The highest BCUT2D eigenvalue weighted by atomic mass is 19.2. The number of methoxy groups -OCH3 is 1. The van der Waals surface area contributed by atoms with Gasteiger partial charge in [-0.05, 0) is 12.5 Å². The van der Waals surface area contributed by atoms with E-state index >= 15 is 0 Å². The molecule has 7 heteroatoms. The normalized spacial score (nSPS) is 12.4. The SMILES string of the molecule is CCCn1ncc(OC)c1C(NN)c1cccc(F)c1F. The van der Waals surface area contributed by atoms with Gasteiger partial charge in [0.05, 0.1) is 19.3 Å². The molecule has 21 heavy (non-hydrogen) atoms. The van der Waals surface area contributed by atoms with Crippen molar-refractivity contribution in [3.05, 3.63) is 47.3 Å². The molecule has 1 heterocycles. The third kappa shape index (κ3) is 2.88. The zero-order chi connectivity index (χ0) is 15.4. The van der Waals surface area contributed by atoms with Crippen LogP contribution in [0, 0.1) is 11.6 Å². The average Bonchev–Trinajstić information content (AvgIpc) is 2.88. The molecule has 0 radical (unpaired) electrons. The number of hydrogen-bond donors (Lipinski definition) is 2. The van der Waals surface area contributed by atoms with Crippen LogP contribution in [-0.2, 0) is 6.54 Å². The van der Waals surface area contributed by atoms with E-state index in [1.807, 2.05) is 6.92 Å². The number of rotatable bonds is 6. The van der Waals surface area contributed by atoms with Gasteiger partial charge in [0, 0.05) is 12.1 Å². The van der Waals surface area contributed by atoms with Crippen LogP contribution < -0.4 is 16.0 Å². The van der Waals surface area contributed by atoms with E-state index in [0.717, 1.165) is 12.5 Å². The van der Waals surface area contributed by atoms with Gasteiger partial charge in [-0.15, -0.1) is 0 Å². The van der Waals surface area contributed by atoms with Crippen molar-refractivity contribution in [1.29, 1.82) is 0 Å². The molecule has 1 aromatic heterocycles. The number of benzene rings is 1. The molecule has 114 valence electrons. The Bertz CT molecular complexity index is 615. The Labute approximate surface area is 121 Å². The van der Waals surface area contributed by atoms with Crippen LogP contribution in [0.15, 0.2) is 24.4 Å². The molecular formula is C14H18F2N4O. The largest absolute Gasteiger partial charge is 0.493 e. The van der Waals surface area contributed by atoms with Gasteiger partial charge in [0.2, 0.25) is 0 Å². The second-order valence-corrected chi connectivity index (χ2v) is 4.56. The van der Waals surface area contributed by atoms with E-state index in [1.54, 1.807) is 4.68 Å². The van der Waals surface area contributed by atoms with Crippen LogP contribution in [0.5, 0.6) is 5.75 Å². The molecule has 0 saturated heterocycles. The van der Waals surface area contributed by atoms with Crippen LogP contribution in [0.3, 0.4) is 0 Å². The van der Waals surface area contributed by atoms with Crippen LogP contribution >= 0.6 is 0 Å². The Balaban J connectivity index is 2.55. The summed E-state index contributed by atoms with van der Waals surface area (Å²) in [5.74, 6) is 4.17. The van der Waals surface area contributed by atoms with Gasteiger partial charge < -0.3 is 4.74 Å². The second kappa shape index (κ2) is 6.64. The summed E-state index contributed by atoms with van der Waals surface area (Å²) in [5, 5.41) is 4.20. The number of ether oxygens (including phenoxy) is 1. The number of nitrogens with one attached hydrogen (secondary N) is 1. The minimum Gasteiger partial charge on any atom is -0.493 e. The molecule has 0 saturated carbocycles. The number of halogens is 2. The molecule has 5 nitrogen and oxygen atoms in total. The fourth-order valence-corrected chi connectivity index (χ4v) is 2.28. The predicted octanol–water partition coefficient (Wildman–Crippen LogP) is 2.13. The zero-order valence-electron chi connectivity index (χ0n) is 11.9. The lowest BCUT2D eigenvalue weighted by molar-refractivity contribution is 0.395. The van der Waals surface area contributed by atoms with Crippen molar-refractivity contribution in [3.63, 3.8) is 0 Å². The van der Waals surface area contributed by atoms with Crippen LogP contribution in [-0.4, -0.2) is 16.9 Å². The first kappa shape index (κ1) is 15.4. The molecule has 0 fully saturated rings. The van der Waals surface area contributed by atoms with E-state index in [0.29, 0.717) is 18.0 Å². The molecule has 3 N–H and O–H groups in total. The molecule has 0 amide bonds. The predicted molar refractivity (Wildman–Crippen MR) is 74.6 cm³/mol. The summed E-state index contributed by atoms with van der Waals surface area (Å²) in [6, 6.07) is 3.22. The van der Waals surface area contributed by atoms with Crippen molar-refractivity contribution < 1.29 is 13.5 Å². The maximum atomic E-state index is 14.0. The average molecular weight is 296 g/mol. The number of nitrogens with zero attached hydrogens (tertiary/aromatic N) is 2. The Kier molecular flexibility index (Phi) is 4.87. The minimum atomic E-state index is -0.938. The van der Waals surface area contributed by atoms with Gasteiger partial charge in [0.25, 0.3) is 0 Å². The third-order valence-corrected chi connectivity index (χ3v) is 3.23. The number of hydrogen-bond acceptors (Lipinski definition) is 4. The molecule has 0 spiro atoms. The molecular weight excluding hydrogens is 278 g/mol. The zero-order valence-corrected chi connectivity index (χ0v) is 11.9.